The van der Waals surface area contributed by atoms with Gasteiger partial charge in [-0.15, -0.1) is 0 Å². The first-order valence-corrected chi connectivity index (χ1v) is 7.93. The maximum absolute atomic E-state index is 13.6. The third-order valence-corrected chi connectivity index (χ3v) is 4.12. The summed E-state index contributed by atoms with van der Waals surface area (Å²) in [6.07, 6.45) is 2.25. The lowest BCUT2D eigenvalue weighted by Crippen LogP contribution is -2.09. The van der Waals surface area contributed by atoms with Gasteiger partial charge < -0.3 is 9.55 Å². The monoisotopic (exact) mass is 304 g/mol. The van der Waals surface area contributed by atoms with E-state index in [9.17, 15) is 13.0 Å². The summed E-state index contributed by atoms with van der Waals surface area (Å²) in [5.74, 6) is -0.780. The predicted molar refractivity (Wildman–Crippen MR) is 75.3 cm³/mol. The molecule has 19 heavy (non-hydrogen) atoms. The van der Waals surface area contributed by atoms with Crippen molar-refractivity contribution in [2.45, 2.75) is 19.4 Å². The molecule has 0 spiro atoms. The summed E-state index contributed by atoms with van der Waals surface area (Å²) in [4.78, 5) is 2.75. The van der Waals surface area contributed by atoms with Crippen LogP contribution in [0.4, 0.5) is 8.78 Å². The number of H-pyrrole nitrogens is 1. The molecule has 1 heterocycles. The van der Waals surface area contributed by atoms with Crippen molar-refractivity contribution in [1.82, 2.24) is 9.55 Å². The van der Waals surface area contributed by atoms with E-state index >= 15 is 0 Å². The number of nitrogens with zero attached hydrogens (tertiary/aromatic N) is 1. The van der Waals surface area contributed by atoms with Crippen molar-refractivity contribution in [2.24, 2.45) is 0 Å². The van der Waals surface area contributed by atoms with E-state index in [0.29, 0.717) is 22.5 Å². The minimum absolute atomic E-state index is 0.0775. The normalized spacial score (nSPS) is 14.7. The summed E-state index contributed by atoms with van der Waals surface area (Å²) in [7, 11) is -0.903. The highest BCUT2D eigenvalue weighted by atomic mass is 32.2. The van der Waals surface area contributed by atoms with Gasteiger partial charge in [0, 0.05) is 34.9 Å². The lowest BCUT2D eigenvalue weighted by molar-refractivity contribution is 0.537. The first-order valence-electron chi connectivity index (χ1n) is 5.79. The number of rotatable bonds is 4. The van der Waals surface area contributed by atoms with Gasteiger partial charge in [0.05, 0.1) is 5.52 Å². The van der Waals surface area contributed by atoms with E-state index in [2.05, 4.69) is 4.98 Å². The van der Waals surface area contributed by atoms with Crippen LogP contribution in [0.3, 0.4) is 0 Å². The van der Waals surface area contributed by atoms with Crippen LogP contribution < -0.4 is 0 Å². The van der Waals surface area contributed by atoms with Crippen molar-refractivity contribution in [3.63, 3.8) is 0 Å². The van der Waals surface area contributed by atoms with Gasteiger partial charge in [0.1, 0.15) is 11.3 Å². The number of hydrogen-bond donors (Lipinski definition) is 1. The lowest BCUT2D eigenvalue weighted by Gasteiger charge is -2.13. The Morgan fingerprint density at radius 3 is 2.79 bits per heavy atom. The van der Waals surface area contributed by atoms with Gasteiger partial charge in [0.2, 0.25) is 0 Å². The van der Waals surface area contributed by atoms with Crippen LogP contribution in [0.5, 0.6) is 0 Å². The second-order valence-corrected chi connectivity index (χ2v) is 6.44. The van der Waals surface area contributed by atoms with E-state index in [-0.39, 0.29) is 11.6 Å². The molecule has 2 aromatic rings. The predicted octanol–water partition coefficient (Wildman–Crippen LogP) is 3.31. The van der Waals surface area contributed by atoms with E-state index in [1.807, 2.05) is 6.92 Å². The molecule has 2 atom stereocenters. The van der Waals surface area contributed by atoms with Crippen molar-refractivity contribution in [2.75, 3.05) is 12.0 Å². The average molecular weight is 304 g/mol. The molecular formula is C12H14F2N2OS2. The molecule has 0 saturated heterocycles. The quantitative estimate of drug-likeness (QED) is 0.880. The summed E-state index contributed by atoms with van der Waals surface area (Å²) in [5.41, 5.74) is 0.604. The van der Waals surface area contributed by atoms with E-state index < -0.39 is 22.4 Å². The molecule has 0 amide bonds. The molecule has 0 bridgehead atoms. The van der Waals surface area contributed by atoms with Gasteiger partial charge in [-0.1, -0.05) is 0 Å². The summed E-state index contributed by atoms with van der Waals surface area (Å²) in [5, 5.41) is 0. The summed E-state index contributed by atoms with van der Waals surface area (Å²) >= 11 is 5.15. The first-order chi connectivity index (χ1) is 8.90. The first kappa shape index (κ1) is 14.3. The fraction of sp³-hybridized carbons (Fsp3) is 0.417. The molecule has 3 nitrogen and oxygen atoms in total. The number of fused-ring (bicyclic) bond motifs is 1. The topological polar surface area (TPSA) is 37.8 Å². The largest absolute Gasteiger partial charge is 0.328 e. The van der Waals surface area contributed by atoms with Gasteiger partial charge in [-0.3, -0.25) is 4.21 Å². The minimum Gasteiger partial charge on any atom is -0.328 e. The zero-order valence-electron chi connectivity index (χ0n) is 10.6. The second-order valence-electron chi connectivity index (χ2n) is 4.50. The third-order valence-electron chi connectivity index (χ3n) is 3.01. The van der Waals surface area contributed by atoms with E-state index in [1.165, 1.54) is 6.07 Å². The molecule has 1 aromatic carbocycles. The molecule has 0 radical (unpaired) electrons. The Bertz CT molecular complexity index is 693. The Labute approximate surface area is 117 Å². The molecule has 1 aromatic heterocycles. The van der Waals surface area contributed by atoms with Crippen molar-refractivity contribution in [1.29, 1.82) is 0 Å². The highest BCUT2D eigenvalue weighted by Crippen LogP contribution is 2.24. The molecule has 7 heteroatoms. The van der Waals surface area contributed by atoms with E-state index in [1.54, 1.807) is 10.8 Å². The van der Waals surface area contributed by atoms with E-state index in [4.69, 9.17) is 12.2 Å². The highest BCUT2D eigenvalue weighted by molar-refractivity contribution is 7.84. The number of imidazole rings is 1. The average Bonchev–Trinajstić information content (AvgIpc) is 2.63. The van der Waals surface area contributed by atoms with Gasteiger partial charge in [0.25, 0.3) is 0 Å². The number of nitrogens with one attached hydrogen (secondary N) is 1. The zero-order valence-corrected chi connectivity index (χ0v) is 12.2. The third kappa shape index (κ3) is 2.92. The fourth-order valence-corrected chi connectivity index (χ4v) is 3.11. The smallest absolute Gasteiger partial charge is 0.178 e. The molecule has 0 aliphatic heterocycles. The lowest BCUT2D eigenvalue weighted by atomic mass is 10.2. The minimum atomic E-state index is -0.903. The van der Waals surface area contributed by atoms with E-state index in [0.717, 1.165) is 6.07 Å². The van der Waals surface area contributed by atoms with Crippen LogP contribution in [0.1, 0.15) is 19.4 Å². The zero-order chi connectivity index (χ0) is 14.2. The Balaban J connectivity index is 2.50. The van der Waals surface area contributed by atoms with Crippen LogP contribution in [0, 0.1) is 16.4 Å². The van der Waals surface area contributed by atoms with Gasteiger partial charge in [-0.2, -0.15) is 0 Å². The van der Waals surface area contributed by atoms with Crippen LogP contribution in [-0.2, 0) is 10.8 Å². The molecule has 2 unspecified atom stereocenters. The van der Waals surface area contributed by atoms with Crippen molar-refractivity contribution >= 4 is 34.1 Å². The molecule has 1 N–H and O–H groups in total. The summed E-state index contributed by atoms with van der Waals surface area (Å²) in [6.45, 7) is 1.89. The summed E-state index contributed by atoms with van der Waals surface area (Å²) in [6, 6.07) is 2.00. The number of hydrogen-bond acceptors (Lipinski definition) is 2. The van der Waals surface area contributed by atoms with Crippen molar-refractivity contribution < 1.29 is 13.0 Å². The molecule has 0 aliphatic carbocycles. The number of aromatic nitrogens is 2. The molecular weight excluding hydrogens is 290 g/mol. The maximum atomic E-state index is 13.6. The highest BCUT2D eigenvalue weighted by Gasteiger charge is 2.15. The second kappa shape index (κ2) is 5.50. The Morgan fingerprint density at radius 1 is 1.47 bits per heavy atom. The van der Waals surface area contributed by atoms with Crippen molar-refractivity contribution in [3.8, 4) is 0 Å². The van der Waals surface area contributed by atoms with Gasteiger partial charge in [-0.25, -0.2) is 8.78 Å². The van der Waals surface area contributed by atoms with Crippen LogP contribution in [0.15, 0.2) is 12.1 Å². The van der Waals surface area contributed by atoms with Crippen molar-refractivity contribution in [3.05, 3.63) is 28.5 Å². The molecule has 2 rings (SSSR count). The van der Waals surface area contributed by atoms with Crippen LogP contribution in [0.2, 0.25) is 0 Å². The van der Waals surface area contributed by atoms with Crippen LogP contribution in [-0.4, -0.2) is 25.8 Å². The SMILES string of the molecule is CC(CCS(C)=O)n1c(=S)[nH]c2c(F)cc(F)cc21. The van der Waals surface area contributed by atoms with Crippen LogP contribution in [0.25, 0.3) is 11.0 Å². The summed E-state index contributed by atoms with van der Waals surface area (Å²) < 4.78 is 40.1. The molecule has 0 fully saturated rings. The number of aromatic amines is 1. The Hall–Kier alpha value is -1.08. The Morgan fingerprint density at radius 2 is 2.16 bits per heavy atom. The van der Waals surface area contributed by atoms with Gasteiger partial charge >= 0.3 is 0 Å². The van der Waals surface area contributed by atoms with Gasteiger partial charge in [0.15, 0.2) is 10.6 Å². The number of benzene rings is 1. The van der Waals surface area contributed by atoms with Gasteiger partial charge in [-0.05, 0) is 31.6 Å². The Kier molecular flexibility index (Phi) is 4.15. The maximum Gasteiger partial charge on any atom is 0.178 e. The molecule has 104 valence electrons. The standard InChI is InChI=1S/C12H14F2N2OS2/c1-7(3-4-19(2)17)16-10-6-8(13)5-9(14)11(10)15-12(16)18/h5-7H,3-4H2,1-2H3,(H,15,18). The van der Waals surface area contributed by atoms with Crippen LogP contribution >= 0.6 is 12.2 Å². The fourth-order valence-electron chi connectivity index (χ4n) is 2.05. The number of halogens is 2. The molecule has 0 saturated carbocycles. The molecule has 0 aliphatic rings.